The van der Waals surface area contributed by atoms with Gasteiger partial charge in [0.15, 0.2) is 5.78 Å². The van der Waals surface area contributed by atoms with Crippen LogP contribution < -0.4 is 11.1 Å². The molecule has 0 saturated carbocycles. The van der Waals surface area contributed by atoms with Gasteiger partial charge in [0.05, 0.1) is 5.70 Å². The molecule has 0 fully saturated rings. The molecule has 0 amide bonds. The molecule has 3 heteroatoms. The number of ketones is 1. The van der Waals surface area contributed by atoms with Gasteiger partial charge in [-0.05, 0) is 19.1 Å². The molecule has 0 aromatic rings. The van der Waals surface area contributed by atoms with E-state index in [0.29, 0.717) is 11.4 Å². The van der Waals surface area contributed by atoms with Gasteiger partial charge in [-0.2, -0.15) is 0 Å². The van der Waals surface area contributed by atoms with E-state index in [2.05, 4.69) is 5.32 Å². The topological polar surface area (TPSA) is 55.1 Å². The Labute approximate surface area is 67.0 Å². The van der Waals surface area contributed by atoms with Crippen LogP contribution in [0.3, 0.4) is 0 Å². The van der Waals surface area contributed by atoms with Gasteiger partial charge in [0.2, 0.25) is 0 Å². The summed E-state index contributed by atoms with van der Waals surface area (Å²) in [7, 11) is 1.70. The first-order valence-corrected chi connectivity index (χ1v) is 3.40. The SMILES string of the molecule is CN/C(=C/C=C(\C)N)C(C)=O. The third-order valence-corrected chi connectivity index (χ3v) is 1.16. The van der Waals surface area contributed by atoms with Crippen LogP contribution in [0.2, 0.25) is 0 Å². The number of hydrogen-bond acceptors (Lipinski definition) is 3. The minimum absolute atomic E-state index is 0.00463. The second-order valence-corrected chi connectivity index (χ2v) is 2.30. The van der Waals surface area contributed by atoms with E-state index < -0.39 is 0 Å². The first kappa shape index (κ1) is 9.75. The third kappa shape index (κ3) is 4.19. The van der Waals surface area contributed by atoms with Crippen molar-refractivity contribution in [2.24, 2.45) is 5.73 Å². The number of allylic oxidation sites excluding steroid dienone is 4. The molecule has 3 N–H and O–H groups in total. The van der Waals surface area contributed by atoms with Crippen molar-refractivity contribution in [1.29, 1.82) is 0 Å². The second-order valence-electron chi connectivity index (χ2n) is 2.30. The molecular formula is C8H14N2O. The summed E-state index contributed by atoms with van der Waals surface area (Å²) in [6.45, 7) is 3.27. The number of Topliss-reactive ketones (excluding diaryl/α,β-unsaturated/α-hetero) is 1. The van der Waals surface area contributed by atoms with Crippen molar-refractivity contribution < 1.29 is 4.79 Å². The molecule has 0 spiro atoms. The molecule has 3 nitrogen and oxygen atoms in total. The predicted molar refractivity (Wildman–Crippen MR) is 45.8 cm³/mol. The molecule has 0 aliphatic rings. The minimum atomic E-state index is 0.00463. The molecule has 11 heavy (non-hydrogen) atoms. The average molecular weight is 154 g/mol. The number of carbonyl (C=O) groups is 1. The quantitative estimate of drug-likeness (QED) is 0.461. The number of nitrogens with two attached hydrogens (primary N) is 1. The Kier molecular flexibility index (Phi) is 4.03. The molecule has 0 aromatic carbocycles. The highest BCUT2D eigenvalue weighted by Crippen LogP contribution is 1.91. The Morgan fingerprint density at radius 2 is 1.91 bits per heavy atom. The Bertz CT molecular complexity index is 200. The van der Waals surface area contributed by atoms with E-state index in [1.807, 2.05) is 0 Å². The number of rotatable bonds is 3. The zero-order chi connectivity index (χ0) is 8.85. The van der Waals surface area contributed by atoms with Gasteiger partial charge in [-0.3, -0.25) is 4.79 Å². The number of likely N-dealkylation sites (N-methyl/N-ethyl adjacent to an activating group) is 1. The fourth-order valence-electron chi connectivity index (χ4n) is 0.591. The number of carbonyl (C=O) groups excluding carboxylic acids is 1. The van der Waals surface area contributed by atoms with Crippen molar-refractivity contribution in [3.05, 3.63) is 23.5 Å². The van der Waals surface area contributed by atoms with E-state index in [0.717, 1.165) is 0 Å². The van der Waals surface area contributed by atoms with Crippen molar-refractivity contribution in [1.82, 2.24) is 5.32 Å². The van der Waals surface area contributed by atoms with Gasteiger partial charge < -0.3 is 11.1 Å². The van der Waals surface area contributed by atoms with E-state index >= 15 is 0 Å². The fraction of sp³-hybridized carbons (Fsp3) is 0.375. The highest BCUT2D eigenvalue weighted by molar-refractivity contribution is 5.92. The lowest BCUT2D eigenvalue weighted by Crippen LogP contribution is -2.12. The van der Waals surface area contributed by atoms with Crippen LogP contribution in [0, 0.1) is 0 Å². The van der Waals surface area contributed by atoms with Crippen molar-refractivity contribution in [2.45, 2.75) is 13.8 Å². The molecule has 0 saturated heterocycles. The van der Waals surface area contributed by atoms with Gasteiger partial charge in [-0.15, -0.1) is 0 Å². The summed E-state index contributed by atoms with van der Waals surface area (Å²) >= 11 is 0. The van der Waals surface area contributed by atoms with Crippen LogP contribution in [0.5, 0.6) is 0 Å². The lowest BCUT2D eigenvalue weighted by atomic mass is 10.3. The summed E-state index contributed by atoms with van der Waals surface area (Å²) in [5, 5.41) is 2.77. The largest absolute Gasteiger partial charge is 0.402 e. The summed E-state index contributed by atoms with van der Waals surface area (Å²) in [6.07, 6.45) is 3.35. The smallest absolute Gasteiger partial charge is 0.175 e. The van der Waals surface area contributed by atoms with Crippen LogP contribution in [-0.2, 0) is 4.79 Å². The molecule has 0 radical (unpaired) electrons. The summed E-state index contributed by atoms with van der Waals surface area (Å²) in [5.74, 6) is 0.00463. The minimum Gasteiger partial charge on any atom is -0.402 e. The van der Waals surface area contributed by atoms with Gasteiger partial charge >= 0.3 is 0 Å². The highest BCUT2D eigenvalue weighted by Gasteiger charge is 1.96. The van der Waals surface area contributed by atoms with E-state index in [1.165, 1.54) is 6.92 Å². The van der Waals surface area contributed by atoms with Crippen LogP contribution in [0.25, 0.3) is 0 Å². The molecule has 0 atom stereocenters. The van der Waals surface area contributed by atoms with Crippen LogP contribution in [-0.4, -0.2) is 12.8 Å². The Morgan fingerprint density at radius 1 is 1.36 bits per heavy atom. The second kappa shape index (κ2) is 4.55. The summed E-state index contributed by atoms with van der Waals surface area (Å²) < 4.78 is 0. The first-order chi connectivity index (χ1) is 5.07. The van der Waals surface area contributed by atoms with Crippen molar-refractivity contribution >= 4 is 5.78 Å². The van der Waals surface area contributed by atoms with Crippen LogP contribution in [0.1, 0.15) is 13.8 Å². The molecule has 0 heterocycles. The standard InChI is InChI=1S/C8H14N2O/c1-6(9)4-5-8(10-3)7(2)11/h4-5,10H,9H2,1-3H3/b6-4+,8-5+. The molecule has 0 rings (SSSR count). The van der Waals surface area contributed by atoms with Gasteiger partial charge in [-0.25, -0.2) is 0 Å². The van der Waals surface area contributed by atoms with E-state index in [4.69, 9.17) is 5.73 Å². The van der Waals surface area contributed by atoms with Crippen LogP contribution in [0.15, 0.2) is 23.5 Å². The predicted octanol–water partition coefficient (Wildman–Crippen LogP) is 0.541. The van der Waals surface area contributed by atoms with Gasteiger partial charge in [-0.1, -0.05) is 0 Å². The van der Waals surface area contributed by atoms with Crippen LogP contribution >= 0.6 is 0 Å². The van der Waals surface area contributed by atoms with Crippen molar-refractivity contribution in [2.75, 3.05) is 7.05 Å². The van der Waals surface area contributed by atoms with Crippen molar-refractivity contribution in [3.8, 4) is 0 Å². The first-order valence-electron chi connectivity index (χ1n) is 3.40. The van der Waals surface area contributed by atoms with E-state index in [1.54, 1.807) is 26.1 Å². The van der Waals surface area contributed by atoms with Gasteiger partial charge in [0.1, 0.15) is 0 Å². The summed E-state index contributed by atoms with van der Waals surface area (Å²) in [4.78, 5) is 10.8. The molecule has 0 unspecified atom stereocenters. The molecule has 0 bridgehead atoms. The molecule has 62 valence electrons. The Hall–Kier alpha value is -1.25. The Morgan fingerprint density at radius 3 is 2.18 bits per heavy atom. The molecular weight excluding hydrogens is 140 g/mol. The molecule has 0 aliphatic carbocycles. The van der Waals surface area contributed by atoms with Crippen molar-refractivity contribution in [3.63, 3.8) is 0 Å². The lowest BCUT2D eigenvalue weighted by molar-refractivity contribution is -0.113. The molecule has 0 aliphatic heterocycles. The van der Waals surface area contributed by atoms with Gasteiger partial charge in [0.25, 0.3) is 0 Å². The van der Waals surface area contributed by atoms with E-state index in [9.17, 15) is 4.79 Å². The fourth-order valence-corrected chi connectivity index (χ4v) is 0.591. The summed E-state index contributed by atoms with van der Waals surface area (Å²) in [5.41, 5.74) is 6.62. The zero-order valence-corrected chi connectivity index (χ0v) is 7.14. The number of hydrogen-bond donors (Lipinski definition) is 2. The maximum atomic E-state index is 10.8. The lowest BCUT2D eigenvalue weighted by Gasteiger charge is -1.98. The number of nitrogens with one attached hydrogen (secondary N) is 1. The van der Waals surface area contributed by atoms with Gasteiger partial charge in [0, 0.05) is 19.7 Å². The zero-order valence-electron chi connectivity index (χ0n) is 7.14. The molecule has 0 aromatic heterocycles. The summed E-state index contributed by atoms with van der Waals surface area (Å²) in [6, 6.07) is 0. The third-order valence-electron chi connectivity index (χ3n) is 1.16. The Balaban J connectivity index is 4.37. The van der Waals surface area contributed by atoms with E-state index in [-0.39, 0.29) is 5.78 Å². The average Bonchev–Trinajstić information content (AvgIpc) is 1.87. The maximum absolute atomic E-state index is 10.8. The highest BCUT2D eigenvalue weighted by atomic mass is 16.1. The maximum Gasteiger partial charge on any atom is 0.175 e. The van der Waals surface area contributed by atoms with Crippen LogP contribution in [0.4, 0.5) is 0 Å². The normalized spacial score (nSPS) is 13.0. The monoisotopic (exact) mass is 154 g/mol.